The van der Waals surface area contributed by atoms with E-state index in [9.17, 15) is 16.8 Å². The van der Waals surface area contributed by atoms with Gasteiger partial charge in [-0.1, -0.05) is 12.1 Å². The highest BCUT2D eigenvalue weighted by Gasteiger charge is 2.22. The Kier molecular flexibility index (Phi) is 3.05. The monoisotopic (exact) mass is 249 g/mol. The largest absolute Gasteiger partial charge is 0.398 e. The highest BCUT2D eigenvalue weighted by atomic mass is 32.3. The van der Waals surface area contributed by atoms with Gasteiger partial charge in [0, 0.05) is 6.26 Å². The third-order valence-electron chi connectivity index (χ3n) is 1.62. The molecule has 1 rings (SSSR count). The van der Waals surface area contributed by atoms with E-state index < -0.39 is 24.8 Å². The van der Waals surface area contributed by atoms with Crippen LogP contribution < -0.4 is 5.73 Å². The molecule has 0 heterocycles. The number of para-hydroxylation sites is 1. The predicted octanol–water partition coefficient (Wildman–Crippen LogP) is 0.0446. The van der Waals surface area contributed by atoms with Crippen LogP contribution in [0.4, 0.5) is 5.69 Å². The van der Waals surface area contributed by atoms with E-state index in [0.717, 1.165) is 6.26 Å². The summed E-state index contributed by atoms with van der Waals surface area (Å²) in [4.78, 5) is -0.143. The van der Waals surface area contributed by atoms with E-state index in [1.54, 1.807) is 6.07 Å². The maximum Gasteiger partial charge on any atom is 0.194 e. The molecule has 5 nitrogen and oxygen atoms in total. The summed E-state index contributed by atoms with van der Waals surface area (Å²) in [5, 5.41) is -0.922. The summed E-state index contributed by atoms with van der Waals surface area (Å²) in [5.41, 5.74) is 5.51. The maximum absolute atomic E-state index is 11.6. The van der Waals surface area contributed by atoms with Crippen LogP contribution in [-0.2, 0) is 19.7 Å². The average molecular weight is 249 g/mol. The van der Waals surface area contributed by atoms with Crippen LogP contribution >= 0.6 is 0 Å². The van der Waals surface area contributed by atoms with Gasteiger partial charge in [0.25, 0.3) is 0 Å². The zero-order chi connectivity index (χ0) is 11.7. The predicted molar refractivity (Wildman–Crippen MR) is 57.8 cm³/mol. The summed E-state index contributed by atoms with van der Waals surface area (Å²) in [7, 11) is -7.45. The van der Waals surface area contributed by atoms with Crippen LogP contribution in [0.3, 0.4) is 0 Å². The third-order valence-corrected chi connectivity index (χ3v) is 5.62. The standard InChI is InChI=1S/C8H11NO4S2/c1-14(10,11)6-15(12,13)8-5-3-2-4-7(8)9/h2-5H,6,9H2,1H3. The van der Waals surface area contributed by atoms with Crippen molar-refractivity contribution in [2.24, 2.45) is 0 Å². The van der Waals surface area contributed by atoms with Gasteiger partial charge in [0.2, 0.25) is 0 Å². The number of hydrogen-bond acceptors (Lipinski definition) is 5. The molecule has 0 aliphatic rings. The van der Waals surface area contributed by atoms with Crippen molar-refractivity contribution in [2.75, 3.05) is 17.1 Å². The summed E-state index contributed by atoms with van der Waals surface area (Å²) in [5.74, 6) is 0. The van der Waals surface area contributed by atoms with Crippen LogP contribution in [0.2, 0.25) is 0 Å². The number of nitrogen functional groups attached to an aromatic ring is 1. The van der Waals surface area contributed by atoms with E-state index in [1.165, 1.54) is 18.2 Å². The van der Waals surface area contributed by atoms with Crippen molar-refractivity contribution < 1.29 is 16.8 Å². The molecule has 0 saturated carbocycles. The Hall–Kier alpha value is -1.08. The van der Waals surface area contributed by atoms with Crippen LogP contribution in [0.15, 0.2) is 29.2 Å². The summed E-state index contributed by atoms with van der Waals surface area (Å²) in [6.45, 7) is 0. The molecule has 0 radical (unpaired) electrons. The minimum absolute atomic E-state index is 0.0566. The molecule has 0 spiro atoms. The van der Waals surface area contributed by atoms with Crippen molar-refractivity contribution in [1.29, 1.82) is 0 Å². The van der Waals surface area contributed by atoms with Gasteiger partial charge in [0.15, 0.2) is 24.8 Å². The molecule has 2 N–H and O–H groups in total. The Morgan fingerprint density at radius 3 is 2.13 bits per heavy atom. The van der Waals surface area contributed by atoms with Gasteiger partial charge in [0.05, 0.1) is 10.6 Å². The van der Waals surface area contributed by atoms with Gasteiger partial charge in [-0.15, -0.1) is 0 Å². The molecular formula is C8H11NO4S2. The molecule has 1 aromatic rings. The molecule has 0 amide bonds. The van der Waals surface area contributed by atoms with Crippen molar-refractivity contribution in [3.05, 3.63) is 24.3 Å². The van der Waals surface area contributed by atoms with Crippen molar-refractivity contribution in [1.82, 2.24) is 0 Å². The Morgan fingerprint density at radius 2 is 1.67 bits per heavy atom. The highest BCUT2D eigenvalue weighted by molar-refractivity contribution is 8.07. The fourth-order valence-corrected chi connectivity index (χ4v) is 4.58. The van der Waals surface area contributed by atoms with E-state index in [4.69, 9.17) is 5.73 Å². The molecule has 84 valence electrons. The molecule has 1 aromatic carbocycles. The minimum atomic E-state index is -3.86. The molecule has 0 saturated heterocycles. The van der Waals surface area contributed by atoms with Gasteiger partial charge in [-0.3, -0.25) is 0 Å². The number of nitrogens with two attached hydrogens (primary N) is 1. The fourth-order valence-electron chi connectivity index (χ4n) is 1.11. The molecule has 0 fully saturated rings. The van der Waals surface area contributed by atoms with Crippen molar-refractivity contribution in [3.8, 4) is 0 Å². The van der Waals surface area contributed by atoms with E-state index in [2.05, 4.69) is 0 Å². The van der Waals surface area contributed by atoms with Gasteiger partial charge in [-0.05, 0) is 12.1 Å². The Morgan fingerprint density at radius 1 is 1.13 bits per heavy atom. The Labute approximate surface area is 88.8 Å². The second-order valence-electron chi connectivity index (χ2n) is 3.20. The van der Waals surface area contributed by atoms with Crippen molar-refractivity contribution in [3.63, 3.8) is 0 Å². The molecule has 0 aliphatic carbocycles. The van der Waals surface area contributed by atoms with E-state index in [-0.39, 0.29) is 10.6 Å². The number of rotatable bonds is 3. The molecule has 0 bridgehead atoms. The van der Waals surface area contributed by atoms with Crippen LogP contribution in [0.5, 0.6) is 0 Å². The van der Waals surface area contributed by atoms with Crippen LogP contribution in [0.25, 0.3) is 0 Å². The van der Waals surface area contributed by atoms with Crippen molar-refractivity contribution in [2.45, 2.75) is 4.90 Å². The number of hydrogen-bond donors (Lipinski definition) is 1. The first-order chi connectivity index (χ1) is 6.72. The SMILES string of the molecule is CS(=O)(=O)CS(=O)(=O)c1ccccc1N. The van der Waals surface area contributed by atoms with Gasteiger partial charge >= 0.3 is 0 Å². The first kappa shape index (κ1) is 12.0. The molecule has 0 aliphatic heterocycles. The second kappa shape index (κ2) is 3.82. The smallest absolute Gasteiger partial charge is 0.194 e. The van der Waals surface area contributed by atoms with E-state index in [1.807, 2.05) is 0 Å². The summed E-state index contributed by atoms with van der Waals surface area (Å²) in [6, 6.07) is 5.77. The zero-order valence-corrected chi connectivity index (χ0v) is 9.68. The molecule has 15 heavy (non-hydrogen) atoms. The van der Waals surface area contributed by atoms with Gasteiger partial charge in [-0.25, -0.2) is 16.8 Å². The number of anilines is 1. The lowest BCUT2D eigenvalue weighted by Crippen LogP contribution is -2.16. The van der Waals surface area contributed by atoms with Crippen LogP contribution in [0.1, 0.15) is 0 Å². The Bertz CT molecular complexity index is 560. The third kappa shape index (κ3) is 3.21. The fraction of sp³-hybridized carbons (Fsp3) is 0.250. The maximum atomic E-state index is 11.6. The number of sulfone groups is 2. The van der Waals surface area contributed by atoms with Gasteiger partial charge in [0.1, 0.15) is 0 Å². The first-order valence-electron chi connectivity index (χ1n) is 3.97. The lowest BCUT2D eigenvalue weighted by Gasteiger charge is -2.05. The topological polar surface area (TPSA) is 94.3 Å². The van der Waals surface area contributed by atoms with Gasteiger partial charge in [-0.2, -0.15) is 0 Å². The molecule has 0 atom stereocenters. The second-order valence-corrected chi connectivity index (χ2v) is 7.66. The van der Waals surface area contributed by atoms with Crippen LogP contribution in [0, 0.1) is 0 Å². The van der Waals surface area contributed by atoms with E-state index >= 15 is 0 Å². The normalized spacial score (nSPS) is 12.6. The summed E-state index contributed by atoms with van der Waals surface area (Å²) < 4.78 is 45.0. The Balaban J connectivity index is 3.25. The zero-order valence-electron chi connectivity index (χ0n) is 8.04. The molecule has 0 unspecified atom stereocenters. The van der Waals surface area contributed by atoms with Crippen LogP contribution in [-0.4, -0.2) is 28.2 Å². The first-order valence-corrected chi connectivity index (χ1v) is 7.69. The lowest BCUT2D eigenvalue weighted by molar-refractivity contribution is 0.592. The average Bonchev–Trinajstić information content (AvgIpc) is 1.99. The van der Waals surface area contributed by atoms with Crippen molar-refractivity contribution >= 4 is 25.4 Å². The van der Waals surface area contributed by atoms with E-state index in [0.29, 0.717) is 0 Å². The minimum Gasteiger partial charge on any atom is -0.398 e. The summed E-state index contributed by atoms with van der Waals surface area (Å²) >= 11 is 0. The number of benzene rings is 1. The molecular weight excluding hydrogens is 238 g/mol. The lowest BCUT2D eigenvalue weighted by atomic mass is 10.3. The molecule has 7 heteroatoms. The molecule has 0 aromatic heterocycles. The highest BCUT2D eigenvalue weighted by Crippen LogP contribution is 2.19. The van der Waals surface area contributed by atoms with Gasteiger partial charge < -0.3 is 5.73 Å². The summed E-state index contributed by atoms with van der Waals surface area (Å²) in [6.07, 6.45) is 0.865. The quantitative estimate of drug-likeness (QED) is 0.763.